The molecule has 0 saturated carbocycles. The molecule has 1 N–H and O–H groups in total. The average Bonchev–Trinajstić information content (AvgIpc) is 3.30. The van der Waals surface area contributed by atoms with Crippen LogP contribution in [0.2, 0.25) is 0 Å². The lowest BCUT2D eigenvalue weighted by Crippen LogP contribution is -2.49. The van der Waals surface area contributed by atoms with Gasteiger partial charge in [-0.05, 0) is 30.6 Å². The molecule has 0 aliphatic heterocycles. The Kier molecular flexibility index (Phi) is 8.44. The van der Waals surface area contributed by atoms with E-state index in [2.05, 4.69) is 16.9 Å². The highest BCUT2D eigenvalue weighted by molar-refractivity contribution is 7.98. The highest BCUT2D eigenvalue weighted by Gasteiger charge is 2.28. The first kappa shape index (κ1) is 22.8. The Balaban J connectivity index is 1.83. The zero-order valence-corrected chi connectivity index (χ0v) is 19.0. The lowest BCUT2D eigenvalue weighted by atomic mass is 10.1. The number of thiazole rings is 1. The van der Waals surface area contributed by atoms with Crippen LogP contribution in [0.15, 0.2) is 78.7 Å². The van der Waals surface area contributed by atoms with Crippen molar-refractivity contribution in [2.45, 2.75) is 12.5 Å². The molecule has 0 saturated heterocycles. The van der Waals surface area contributed by atoms with Gasteiger partial charge in [-0.25, -0.2) is 4.98 Å². The van der Waals surface area contributed by atoms with Crippen molar-refractivity contribution in [3.63, 3.8) is 0 Å². The van der Waals surface area contributed by atoms with Crippen LogP contribution in [0, 0.1) is 0 Å². The van der Waals surface area contributed by atoms with Gasteiger partial charge in [-0.15, -0.1) is 17.9 Å². The first-order chi connectivity index (χ1) is 15.1. The Bertz CT molecular complexity index is 1010. The third-order valence-electron chi connectivity index (χ3n) is 4.62. The number of amides is 2. The Labute approximate surface area is 191 Å². The number of thioether (sulfide) groups is 1. The van der Waals surface area contributed by atoms with E-state index in [0.717, 1.165) is 17.0 Å². The van der Waals surface area contributed by atoms with E-state index in [0.29, 0.717) is 23.7 Å². The SMILES string of the molecule is C=CCN(C(=O)C(CCSC)NC(=O)c1ccccc1)c1nc(-c2ccccc2)cs1. The van der Waals surface area contributed by atoms with Crippen LogP contribution in [-0.4, -0.2) is 41.4 Å². The second-order valence-electron chi connectivity index (χ2n) is 6.79. The largest absolute Gasteiger partial charge is 0.340 e. The lowest BCUT2D eigenvalue weighted by molar-refractivity contribution is -0.120. The van der Waals surface area contributed by atoms with E-state index in [9.17, 15) is 9.59 Å². The number of anilines is 1. The smallest absolute Gasteiger partial charge is 0.251 e. The van der Waals surface area contributed by atoms with Gasteiger partial charge in [-0.3, -0.25) is 14.5 Å². The number of rotatable bonds is 10. The number of carbonyl (C=O) groups is 2. The van der Waals surface area contributed by atoms with Crippen LogP contribution in [0.1, 0.15) is 16.8 Å². The van der Waals surface area contributed by atoms with Gasteiger partial charge in [0.1, 0.15) is 6.04 Å². The summed E-state index contributed by atoms with van der Waals surface area (Å²) in [4.78, 5) is 32.5. The van der Waals surface area contributed by atoms with E-state index in [1.165, 1.54) is 11.3 Å². The molecule has 3 rings (SSSR count). The minimum atomic E-state index is -0.649. The monoisotopic (exact) mass is 451 g/mol. The minimum Gasteiger partial charge on any atom is -0.340 e. The second-order valence-corrected chi connectivity index (χ2v) is 8.61. The van der Waals surface area contributed by atoms with Crippen molar-refractivity contribution < 1.29 is 9.59 Å². The molecule has 1 heterocycles. The summed E-state index contributed by atoms with van der Waals surface area (Å²) in [5, 5.41) is 5.44. The zero-order chi connectivity index (χ0) is 22.1. The summed E-state index contributed by atoms with van der Waals surface area (Å²) in [7, 11) is 0. The average molecular weight is 452 g/mol. The molecule has 5 nitrogen and oxygen atoms in total. The van der Waals surface area contributed by atoms with Crippen LogP contribution in [0.3, 0.4) is 0 Å². The fraction of sp³-hybridized carbons (Fsp3) is 0.208. The molecule has 2 amide bonds. The van der Waals surface area contributed by atoms with Gasteiger partial charge in [-0.2, -0.15) is 11.8 Å². The molecule has 0 fully saturated rings. The zero-order valence-electron chi connectivity index (χ0n) is 17.4. The Hall–Kier alpha value is -2.90. The van der Waals surface area contributed by atoms with Crippen LogP contribution in [0.4, 0.5) is 5.13 Å². The topological polar surface area (TPSA) is 62.3 Å². The van der Waals surface area contributed by atoms with E-state index in [-0.39, 0.29) is 11.8 Å². The number of nitrogens with one attached hydrogen (secondary N) is 1. The third kappa shape index (κ3) is 6.06. The van der Waals surface area contributed by atoms with Crippen molar-refractivity contribution in [1.82, 2.24) is 10.3 Å². The molecule has 160 valence electrons. The summed E-state index contributed by atoms with van der Waals surface area (Å²) in [5.74, 6) is 0.301. The molecule has 0 bridgehead atoms. The fourth-order valence-corrected chi connectivity index (χ4v) is 4.35. The van der Waals surface area contributed by atoms with E-state index in [1.807, 2.05) is 48.0 Å². The fourth-order valence-electron chi connectivity index (χ4n) is 3.03. The van der Waals surface area contributed by atoms with Gasteiger partial charge in [-0.1, -0.05) is 54.6 Å². The van der Waals surface area contributed by atoms with Crippen molar-refractivity contribution in [3.8, 4) is 11.3 Å². The summed E-state index contributed by atoms with van der Waals surface area (Å²) >= 11 is 3.04. The van der Waals surface area contributed by atoms with Crippen molar-refractivity contribution >= 4 is 40.0 Å². The van der Waals surface area contributed by atoms with Crippen LogP contribution in [0.25, 0.3) is 11.3 Å². The maximum absolute atomic E-state index is 13.5. The maximum Gasteiger partial charge on any atom is 0.251 e. The first-order valence-electron chi connectivity index (χ1n) is 9.92. The summed E-state index contributed by atoms with van der Waals surface area (Å²) < 4.78 is 0. The van der Waals surface area contributed by atoms with Crippen molar-refractivity contribution in [3.05, 3.63) is 84.3 Å². The molecule has 0 spiro atoms. The minimum absolute atomic E-state index is 0.188. The molecule has 1 unspecified atom stereocenters. The van der Waals surface area contributed by atoms with Gasteiger partial charge in [0.25, 0.3) is 11.8 Å². The molecule has 7 heteroatoms. The van der Waals surface area contributed by atoms with Gasteiger partial charge in [0.05, 0.1) is 5.69 Å². The number of hydrogen-bond acceptors (Lipinski definition) is 5. The van der Waals surface area contributed by atoms with Crippen LogP contribution < -0.4 is 10.2 Å². The third-order valence-corrected chi connectivity index (χ3v) is 6.13. The van der Waals surface area contributed by atoms with Crippen molar-refractivity contribution in [2.24, 2.45) is 0 Å². The molecule has 1 atom stereocenters. The van der Waals surface area contributed by atoms with Crippen LogP contribution >= 0.6 is 23.1 Å². The molecular formula is C24H25N3O2S2. The standard InChI is InChI=1S/C24H25N3O2S2/c1-3-15-27(24-26-21(17-31-24)18-10-6-4-7-11-18)23(29)20(14-16-30-2)25-22(28)19-12-8-5-9-13-19/h3-13,17,20H,1,14-16H2,2H3,(H,25,28). The van der Waals surface area contributed by atoms with E-state index >= 15 is 0 Å². The maximum atomic E-state index is 13.5. The van der Waals surface area contributed by atoms with Crippen LogP contribution in [0.5, 0.6) is 0 Å². The lowest BCUT2D eigenvalue weighted by Gasteiger charge is -2.25. The summed E-state index contributed by atoms with van der Waals surface area (Å²) in [6, 6.07) is 18.1. The predicted octanol–water partition coefficient (Wildman–Crippen LogP) is 4.88. The van der Waals surface area contributed by atoms with E-state index < -0.39 is 6.04 Å². The number of carbonyl (C=O) groups excluding carboxylic acids is 2. The molecule has 2 aromatic carbocycles. The Morgan fingerprint density at radius 1 is 1.16 bits per heavy atom. The van der Waals surface area contributed by atoms with E-state index in [1.54, 1.807) is 47.0 Å². The molecular weight excluding hydrogens is 426 g/mol. The molecule has 0 aliphatic rings. The molecule has 3 aromatic rings. The number of nitrogens with zero attached hydrogens (tertiary/aromatic N) is 2. The summed E-state index contributed by atoms with van der Waals surface area (Å²) in [6.45, 7) is 4.11. The van der Waals surface area contributed by atoms with Gasteiger partial charge in [0.2, 0.25) is 0 Å². The van der Waals surface area contributed by atoms with E-state index in [4.69, 9.17) is 0 Å². The Morgan fingerprint density at radius 2 is 1.84 bits per heavy atom. The highest BCUT2D eigenvalue weighted by Crippen LogP contribution is 2.28. The first-order valence-corrected chi connectivity index (χ1v) is 12.2. The quantitative estimate of drug-likeness (QED) is 0.446. The highest BCUT2D eigenvalue weighted by atomic mass is 32.2. The second kappa shape index (κ2) is 11.5. The molecule has 0 aliphatic carbocycles. The van der Waals surface area contributed by atoms with Gasteiger partial charge in [0.15, 0.2) is 5.13 Å². The van der Waals surface area contributed by atoms with Crippen molar-refractivity contribution in [1.29, 1.82) is 0 Å². The molecule has 31 heavy (non-hydrogen) atoms. The summed E-state index contributed by atoms with van der Waals surface area (Å²) in [6.07, 6.45) is 4.18. The predicted molar refractivity (Wildman–Crippen MR) is 131 cm³/mol. The van der Waals surface area contributed by atoms with Gasteiger partial charge in [0, 0.05) is 23.1 Å². The normalized spacial score (nSPS) is 11.5. The van der Waals surface area contributed by atoms with Crippen LogP contribution in [-0.2, 0) is 4.79 Å². The van der Waals surface area contributed by atoms with Gasteiger partial charge >= 0.3 is 0 Å². The molecule has 1 aromatic heterocycles. The number of benzene rings is 2. The van der Waals surface area contributed by atoms with Gasteiger partial charge < -0.3 is 5.32 Å². The summed E-state index contributed by atoms with van der Waals surface area (Å²) in [5.41, 5.74) is 2.34. The number of hydrogen-bond donors (Lipinski definition) is 1. The Morgan fingerprint density at radius 3 is 2.48 bits per heavy atom. The van der Waals surface area contributed by atoms with Crippen molar-refractivity contribution in [2.75, 3.05) is 23.5 Å². The molecule has 0 radical (unpaired) electrons. The number of aromatic nitrogens is 1.